The minimum atomic E-state index is -1.13. The smallest absolute Gasteiger partial charge is 0.335 e. The summed E-state index contributed by atoms with van der Waals surface area (Å²) < 4.78 is 0. The van der Waals surface area contributed by atoms with Crippen molar-refractivity contribution in [1.82, 2.24) is 10.1 Å². The molecule has 0 radical (unpaired) electrons. The Labute approximate surface area is 67.6 Å². The number of hydrogen-bond acceptors (Lipinski definition) is 4. The number of hydrazine groups is 2. The van der Waals surface area contributed by atoms with Crippen molar-refractivity contribution in [3.63, 3.8) is 0 Å². The number of carboxylic acids is 1. The normalized spacial score (nSPS) is 16.2. The second-order valence-electron chi connectivity index (χ2n) is 2.30. The van der Waals surface area contributed by atoms with Crippen LogP contribution in [0.2, 0.25) is 0 Å². The first-order valence-corrected chi connectivity index (χ1v) is 3.11. The van der Waals surface area contributed by atoms with Gasteiger partial charge < -0.3 is 5.11 Å². The number of rotatable bonds is 2. The number of carboxylic acid groups (broad SMARTS) is 1. The molecule has 1 aliphatic rings. The maximum atomic E-state index is 10.4. The van der Waals surface area contributed by atoms with E-state index in [1.807, 2.05) is 0 Å². The first-order chi connectivity index (χ1) is 5.52. The van der Waals surface area contributed by atoms with Gasteiger partial charge in [0.05, 0.1) is 5.57 Å². The number of nitro groups is 1. The highest BCUT2D eigenvalue weighted by atomic mass is 16.7. The minimum absolute atomic E-state index is 0.00852. The fourth-order valence-corrected chi connectivity index (χ4v) is 0.893. The molecule has 1 N–H and O–H groups in total. The van der Waals surface area contributed by atoms with Crippen molar-refractivity contribution in [2.45, 2.75) is 0 Å². The van der Waals surface area contributed by atoms with Gasteiger partial charge in [-0.05, 0) is 5.12 Å². The second kappa shape index (κ2) is 2.68. The molecule has 0 aromatic rings. The summed E-state index contributed by atoms with van der Waals surface area (Å²) in [6.07, 6.45) is 1.21. The Bertz CT molecular complexity index is 261. The lowest BCUT2D eigenvalue weighted by molar-refractivity contribution is -0.688. The van der Waals surface area contributed by atoms with Gasteiger partial charge in [0.25, 0.3) is 0 Å². The van der Waals surface area contributed by atoms with Crippen LogP contribution in [0.3, 0.4) is 0 Å². The zero-order valence-electron chi connectivity index (χ0n) is 6.30. The van der Waals surface area contributed by atoms with Gasteiger partial charge in [0, 0.05) is 13.2 Å². The summed E-state index contributed by atoms with van der Waals surface area (Å²) in [7, 11) is 1.42. The summed E-state index contributed by atoms with van der Waals surface area (Å²) in [6.45, 7) is -0.196. The number of nitrogens with zero attached hydrogens (tertiary/aromatic N) is 3. The maximum Gasteiger partial charge on any atom is 0.335 e. The third-order valence-electron chi connectivity index (χ3n) is 1.48. The van der Waals surface area contributed by atoms with Crippen LogP contribution in [0.4, 0.5) is 0 Å². The molecule has 0 spiro atoms. The largest absolute Gasteiger partial charge is 0.478 e. The first-order valence-electron chi connectivity index (χ1n) is 3.11. The minimum Gasteiger partial charge on any atom is -0.478 e. The standard InChI is InChI=1S/C5H7N3O4/c1-6-2-4(5(9)10)3-7(6)8(11)12/h2H,3H2,1H3,(H,9,10). The Balaban J connectivity index is 2.73. The van der Waals surface area contributed by atoms with Crippen molar-refractivity contribution in [1.29, 1.82) is 0 Å². The van der Waals surface area contributed by atoms with Crippen molar-refractivity contribution in [3.8, 4) is 0 Å². The van der Waals surface area contributed by atoms with E-state index in [4.69, 9.17) is 5.11 Å². The lowest BCUT2D eigenvalue weighted by Crippen LogP contribution is -2.37. The molecule has 1 rings (SSSR count). The van der Waals surface area contributed by atoms with E-state index in [0.717, 1.165) is 5.01 Å². The zero-order chi connectivity index (χ0) is 9.30. The van der Waals surface area contributed by atoms with E-state index in [2.05, 4.69) is 0 Å². The number of aliphatic carboxylic acids is 1. The van der Waals surface area contributed by atoms with Crippen LogP contribution in [0.1, 0.15) is 0 Å². The summed E-state index contributed by atoms with van der Waals surface area (Å²) in [6, 6.07) is 0. The molecule has 0 amide bonds. The maximum absolute atomic E-state index is 10.4. The summed E-state index contributed by atoms with van der Waals surface area (Å²) in [5.41, 5.74) is 0.00852. The van der Waals surface area contributed by atoms with Crippen LogP contribution in [0.15, 0.2) is 11.8 Å². The van der Waals surface area contributed by atoms with Crippen molar-refractivity contribution in [3.05, 3.63) is 21.9 Å². The molecule has 0 saturated carbocycles. The average Bonchev–Trinajstić information content (AvgIpc) is 2.30. The molecule has 0 atom stereocenters. The molecule has 0 fully saturated rings. The van der Waals surface area contributed by atoms with E-state index < -0.39 is 11.0 Å². The Morgan fingerprint density at radius 3 is 2.67 bits per heavy atom. The molecule has 0 saturated heterocycles. The molecule has 12 heavy (non-hydrogen) atoms. The third-order valence-corrected chi connectivity index (χ3v) is 1.48. The van der Waals surface area contributed by atoms with Gasteiger partial charge in [0.2, 0.25) is 0 Å². The van der Waals surface area contributed by atoms with Crippen LogP contribution in [-0.4, -0.2) is 39.8 Å². The molecule has 0 bridgehead atoms. The Morgan fingerprint density at radius 2 is 2.42 bits per heavy atom. The Morgan fingerprint density at radius 1 is 1.83 bits per heavy atom. The van der Waals surface area contributed by atoms with E-state index in [1.165, 1.54) is 13.2 Å². The van der Waals surface area contributed by atoms with Crippen molar-refractivity contribution in [2.24, 2.45) is 0 Å². The van der Waals surface area contributed by atoms with Gasteiger partial charge in [-0.3, -0.25) is 0 Å². The van der Waals surface area contributed by atoms with E-state index >= 15 is 0 Å². The number of hydrogen-bond donors (Lipinski definition) is 1. The van der Waals surface area contributed by atoms with E-state index in [-0.39, 0.29) is 12.1 Å². The lowest BCUT2D eigenvalue weighted by Gasteiger charge is -2.14. The molecule has 0 aromatic carbocycles. The fourth-order valence-electron chi connectivity index (χ4n) is 0.893. The zero-order valence-corrected chi connectivity index (χ0v) is 6.30. The van der Waals surface area contributed by atoms with E-state index in [0.29, 0.717) is 5.12 Å². The monoisotopic (exact) mass is 173 g/mol. The molecule has 7 heteroatoms. The molecular formula is C5H7N3O4. The molecule has 0 aliphatic carbocycles. The molecule has 66 valence electrons. The topological polar surface area (TPSA) is 86.9 Å². The van der Waals surface area contributed by atoms with Gasteiger partial charge in [-0.2, -0.15) is 0 Å². The average molecular weight is 173 g/mol. The SMILES string of the molecule is CN1C=C(C(=O)O)CN1[N+](=O)[O-]. The van der Waals surface area contributed by atoms with Crippen molar-refractivity contribution < 1.29 is 14.9 Å². The van der Waals surface area contributed by atoms with Crippen LogP contribution < -0.4 is 0 Å². The third kappa shape index (κ3) is 1.29. The number of carbonyl (C=O) groups is 1. The molecular weight excluding hydrogens is 166 g/mol. The summed E-state index contributed by atoms with van der Waals surface area (Å²) >= 11 is 0. The van der Waals surface area contributed by atoms with Crippen LogP contribution in [0.5, 0.6) is 0 Å². The van der Waals surface area contributed by atoms with Crippen molar-refractivity contribution >= 4 is 5.97 Å². The van der Waals surface area contributed by atoms with Gasteiger partial charge in [-0.25, -0.2) is 19.9 Å². The predicted molar refractivity (Wildman–Crippen MR) is 37.2 cm³/mol. The fraction of sp³-hybridized carbons (Fsp3) is 0.400. The molecule has 1 heterocycles. The molecule has 0 unspecified atom stereocenters. The van der Waals surface area contributed by atoms with Gasteiger partial charge in [0.15, 0.2) is 5.03 Å². The lowest BCUT2D eigenvalue weighted by atomic mass is 10.3. The highest BCUT2D eigenvalue weighted by molar-refractivity contribution is 5.87. The predicted octanol–water partition coefficient (Wildman–Crippen LogP) is -0.691. The van der Waals surface area contributed by atoms with E-state index in [1.54, 1.807) is 0 Å². The van der Waals surface area contributed by atoms with Gasteiger partial charge in [-0.15, -0.1) is 0 Å². The van der Waals surface area contributed by atoms with Crippen molar-refractivity contribution in [2.75, 3.05) is 13.6 Å². The van der Waals surface area contributed by atoms with Gasteiger partial charge in [0.1, 0.15) is 6.54 Å². The highest BCUT2D eigenvalue weighted by Crippen LogP contribution is 2.12. The molecule has 7 nitrogen and oxygen atoms in total. The summed E-state index contributed by atoms with van der Waals surface area (Å²) in [5.74, 6) is -1.13. The summed E-state index contributed by atoms with van der Waals surface area (Å²) in [4.78, 5) is 20.6. The Hall–Kier alpha value is -1.79. The van der Waals surface area contributed by atoms with Crippen LogP contribution in [0, 0.1) is 10.1 Å². The van der Waals surface area contributed by atoms with Gasteiger partial charge in [-0.1, -0.05) is 0 Å². The second-order valence-corrected chi connectivity index (χ2v) is 2.30. The van der Waals surface area contributed by atoms with E-state index in [9.17, 15) is 14.9 Å². The highest BCUT2D eigenvalue weighted by Gasteiger charge is 2.29. The summed E-state index contributed by atoms with van der Waals surface area (Å²) in [5, 5.41) is 19.9. The quantitative estimate of drug-likeness (QED) is 0.439. The van der Waals surface area contributed by atoms with Crippen LogP contribution in [-0.2, 0) is 4.79 Å². The Kier molecular flexibility index (Phi) is 1.86. The van der Waals surface area contributed by atoms with Crippen LogP contribution >= 0.6 is 0 Å². The van der Waals surface area contributed by atoms with Gasteiger partial charge >= 0.3 is 5.97 Å². The first kappa shape index (κ1) is 8.31. The van der Waals surface area contributed by atoms with Crippen LogP contribution in [0.25, 0.3) is 0 Å². The molecule has 0 aromatic heterocycles. The molecule has 1 aliphatic heterocycles.